The smallest absolute Gasteiger partial charge is 0.409 e. The molecule has 6 nitrogen and oxygen atoms in total. The molecule has 1 aromatic rings. The molecule has 2 aliphatic heterocycles. The summed E-state index contributed by atoms with van der Waals surface area (Å²) in [4.78, 5) is 27.5. The largest absolute Gasteiger partial charge is 0.453 e. The number of halogens is 3. The van der Waals surface area contributed by atoms with Crippen molar-refractivity contribution in [2.75, 3.05) is 26.7 Å². The Balaban J connectivity index is 1.59. The highest BCUT2D eigenvalue weighted by Crippen LogP contribution is 2.32. The number of likely N-dealkylation sites (tertiary alicyclic amines) is 2. The molecule has 0 spiro atoms. The molecule has 2 amide bonds. The summed E-state index contributed by atoms with van der Waals surface area (Å²) in [5.41, 5.74) is 7.91. The van der Waals surface area contributed by atoms with Crippen LogP contribution in [0.25, 0.3) is 0 Å². The van der Waals surface area contributed by atoms with Gasteiger partial charge in [-0.3, -0.25) is 10.5 Å². The van der Waals surface area contributed by atoms with Crippen molar-refractivity contribution in [3.05, 3.63) is 35.1 Å². The van der Waals surface area contributed by atoms with Crippen molar-refractivity contribution in [3.8, 4) is 0 Å². The van der Waals surface area contributed by atoms with Crippen LogP contribution in [0.5, 0.6) is 0 Å². The van der Waals surface area contributed by atoms with Gasteiger partial charge >= 0.3 is 6.09 Å². The first kappa shape index (κ1) is 19.5. The van der Waals surface area contributed by atoms with Gasteiger partial charge in [0.1, 0.15) is 5.82 Å². The summed E-state index contributed by atoms with van der Waals surface area (Å²) in [6, 6.07) is 0.0932. The monoisotopic (exact) mass is 384 g/mol. The summed E-state index contributed by atoms with van der Waals surface area (Å²) in [6.45, 7) is 1.48. The number of nitrogens with zero attached hydrogens (tertiary/aromatic N) is 2. The number of ether oxygens (including phenoxy) is 1. The third-order valence-electron chi connectivity index (χ3n) is 5.28. The van der Waals surface area contributed by atoms with E-state index in [0.717, 1.165) is 12.5 Å². The number of hydrogen-bond donors (Lipinski definition) is 0. The van der Waals surface area contributed by atoms with E-state index < -0.39 is 29.6 Å². The molecule has 9 heteroatoms. The van der Waals surface area contributed by atoms with Crippen molar-refractivity contribution in [3.63, 3.8) is 0 Å². The maximum atomic E-state index is 13.7. The van der Waals surface area contributed by atoms with Gasteiger partial charge in [0.15, 0.2) is 11.6 Å². The van der Waals surface area contributed by atoms with Crippen molar-refractivity contribution in [2.24, 2.45) is 5.92 Å². The minimum atomic E-state index is -1.28. The number of benzene rings is 1. The number of methoxy groups -OCH3 is 1. The molecule has 0 aromatic heterocycles. The number of carbonyl (C=O) groups excluding carboxylic acids is 2. The Kier molecular flexibility index (Phi) is 5.59. The Morgan fingerprint density at radius 3 is 2.63 bits per heavy atom. The van der Waals surface area contributed by atoms with Crippen LogP contribution in [-0.2, 0) is 16.0 Å². The van der Waals surface area contributed by atoms with E-state index in [9.17, 15) is 22.8 Å². The zero-order chi connectivity index (χ0) is 19.7. The molecule has 2 aliphatic rings. The zero-order valence-electron chi connectivity index (χ0n) is 14.9. The molecule has 2 fully saturated rings. The molecule has 147 valence electrons. The van der Waals surface area contributed by atoms with Gasteiger partial charge in [0.25, 0.3) is 0 Å². The van der Waals surface area contributed by atoms with Crippen LogP contribution >= 0.6 is 0 Å². The maximum absolute atomic E-state index is 13.7. The highest BCUT2D eigenvalue weighted by Gasteiger charge is 2.45. The van der Waals surface area contributed by atoms with E-state index in [2.05, 4.69) is 0 Å². The fourth-order valence-electron chi connectivity index (χ4n) is 3.94. The summed E-state index contributed by atoms with van der Waals surface area (Å²) >= 11 is 0. The molecule has 0 saturated carbocycles. The number of amides is 2. The molecule has 2 heterocycles. The predicted molar refractivity (Wildman–Crippen MR) is 89.1 cm³/mol. The molecule has 1 aromatic carbocycles. The third kappa shape index (κ3) is 4.02. The van der Waals surface area contributed by atoms with Gasteiger partial charge in [-0.1, -0.05) is 0 Å². The molecule has 3 rings (SSSR count). The van der Waals surface area contributed by atoms with Gasteiger partial charge in [-0.25, -0.2) is 18.0 Å². The Labute approximate surface area is 155 Å². The fourth-order valence-corrected chi connectivity index (χ4v) is 3.94. The zero-order valence-corrected chi connectivity index (χ0v) is 14.9. The number of hydrogen-bond acceptors (Lipinski definition) is 3. The molecule has 1 radical (unpaired) electrons. The second kappa shape index (κ2) is 7.75. The van der Waals surface area contributed by atoms with Crippen LogP contribution < -0.4 is 5.73 Å². The van der Waals surface area contributed by atoms with Gasteiger partial charge in [-0.05, 0) is 24.5 Å². The van der Waals surface area contributed by atoms with Gasteiger partial charge in [0.2, 0.25) is 5.91 Å². The topological polar surface area (TPSA) is 73.7 Å². The first-order valence-corrected chi connectivity index (χ1v) is 8.77. The van der Waals surface area contributed by atoms with Crippen LogP contribution in [0.4, 0.5) is 18.0 Å². The lowest BCUT2D eigenvalue weighted by Crippen LogP contribution is -2.42. The van der Waals surface area contributed by atoms with Gasteiger partial charge in [-0.15, -0.1) is 0 Å². The summed E-state index contributed by atoms with van der Waals surface area (Å²) in [6.07, 6.45) is -0.00104. The Morgan fingerprint density at radius 2 is 1.93 bits per heavy atom. The number of nitrogens with one attached hydrogen (secondary N) is 1. The summed E-state index contributed by atoms with van der Waals surface area (Å²) in [5.74, 6) is -3.46. The van der Waals surface area contributed by atoms with Crippen molar-refractivity contribution in [1.29, 1.82) is 0 Å². The second-order valence-electron chi connectivity index (χ2n) is 7.04. The number of fused-ring (bicyclic) bond motifs is 1. The summed E-state index contributed by atoms with van der Waals surface area (Å²) in [7, 11) is 1.31. The van der Waals surface area contributed by atoms with Crippen molar-refractivity contribution in [2.45, 2.75) is 31.3 Å². The van der Waals surface area contributed by atoms with E-state index in [4.69, 9.17) is 10.5 Å². The molecule has 2 saturated heterocycles. The van der Waals surface area contributed by atoms with Crippen LogP contribution in [0.2, 0.25) is 0 Å². The molecule has 0 aliphatic carbocycles. The normalized spacial score (nSPS) is 22.7. The van der Waals surface area contributed by atoms with Crippen LogP contribution in [0.3, 0.4) is 0 Å². The molecule has 3 atom stereocenters. The van der Waals surface area contributed by atoms with Gasteiger partial charge in [-0.2, -0.15) is 0 Å². The lowest BCUT2D eigenvalue weighted by Gasteiger charge is -2.25. The van der Waals surface area contributed by atoms with E-state index in [-0.39, 0.29) is 36.3 Å². The predicted octanol–water partition coefficient (Wildman–Crippen LogP) is 1.99. The van der Waals surface area contributed by atoms with Crippen LogP contribution in [0, 0.1) is 23.4 Å². The Morgan fingerprint density at radius 1 is 1.22 bits per heavy atom. The minimum Gasteiger partial charge on any atom is -0.453 e. The van der Waals surface area contributed by atoms with Gasteiger partial charge in [0, 0.05) is 44.1 Å². The lowest BCUT2D eigenvalue weighted by atomic mass is 10.0. The molecular weight excluding hydrogens is 363 g/mol. The third-order valence-corrected chi connectivity index (χ3v) is 5.28. The first-order chi connectivity index (χ1) is 12.8. The molecule has 1 N–H and O–H groups in total. The first-order valence-electron chi connectivity index (χ1n) is 8.77. The van der Waals surface area contributed by atoms with Crippen molar-refractivity contribution in [1.82, 2.24) is 15.5 Å². The SMILES string of the molecule is COC(=O)N1C[C@@H]2CCN(C(=O)C[C@H]([NH])Cc3cc(F)c(F)cc3F)[C@@H]2C1. The summed E-state index contributed by atoms with van der Waals surface area (Å²) in [5, 5.41) is 0. The van der Waals surface area contributed by atoms with Crippen LogP contribution in [0.15, 0.2) is 12.1 Å². The highest BCUT2D eigenvalue weighted by atomic mass is 19.2. The van der Waals surface area contributed by atoms with E-state index in [1.807, 2.05) is 0 Å². The van der Waals surface area contributed by atoms with E-state index in [1.165, 1.54) is 7.11 Å². The van der Waals surface area contributed by atoms with E-state index in [1.54, 1.807) is 9.80 Å². The Bertz CT molecular complexity index is 746. The molecule has 0 bridgehead atoms. The van der Waals surface area contributed by atoms with Crippen molar-refractivity contribution >= 4 is 12.0 Å². The second-order valence-corrected chi connectivity index (χ2v) is 7.04. The van der Waals surface area contributed by atoms with Crippen LogP contribution in [0.1, 0.15) is 18.4 Å². The molecule has 27 heavy (non-hydrogen) atoms. The van der Waals surface area contributed by atoms with Gasteiger partial charge < -0.3 is 14.5 Å². The quantitative estimate of drug-likeness (QED) is 0.746. The standard InChI is InChI=1S/C18H21F3N3O3/c1-27-18(26)23-8-10-2-3-24(16(10)9-23)17(25)6-12(22)4-11-5-14(20)15(21)7-13(11)19/h5,7,10,12,16,22H,2-4,6,8-9H2,1H3/t10-,12+,16+/m0/s1. The lowest BCUT2D eigenvalue weighted by molar-refractivity contribution is -0.132. The van der Waals surface area contributed by atoms with E-state index in [0.29, 0.717) is 25.7 Å². The summed E-state index contributed by atoms with van der Waals surface area (Å²) < 4.78 is 44.7. The average molecular weight is 384 g/mol. The number of carbonyl (C=O) groups is 2. The fraction of sp³-hybridized carbons (Fsp3) is 0.556. The van der Waals surface area contributed by atoms with Crippen LogP contribution in [-0.4, -0.2) is 60.6 Å². The Hall–Kier alpha value is -2.29. The van der Waals surface area contributed by atoms with E-state index >= 15 is 0 Å². The van der Waals surface area contributed by atoms with Crippen molar-refractivity contribution < 1.29 is 27.5 Å². The average Bonchev–Trinajstić information content (AvgIpc) is 3.19. The van der Waals surface area contributed by atoms with Gasteiger partial charge in [0.05, 0.1) is 13.2 Å². The minimum absolute atomic E-state index is 0.108. The molecular formula is C18H21F3N3O3. The molecule has 0 unspecified atom stereocenters. The maximum Gasteiger partial charge on any atom is 0.409 e. The number of rotatable bonds is 4. The highest BCUT2D eigenvalue weighted by molar-refractivity contribution is 5.78.